The summed E-state index contributed by atoms with van der Waals surface area (Å²) in [6, 6.07) is 6.94. The van der Waals surface area contributed by atoms with Gasteiger partial charge in [0, 0.05) is 0 Å². The second kappa shape index (κ2) is 15.1. The zero-order valence-electron chi connectivity index (χ0n) is 21.3. The molecule has 34 heavy (non-hydrogen) atoms. The summed E-state index contributed by atoms with van der Waals surface area (Å²) in [4.78, 5) is 49.9. The molecule has 1 aromatic rings. The second-order valence-electron chi connectivity index (χ2n) is 9.63. The highest BCUT2D eigenvalue weighted by Crippen LogP contribution is 2.11. The standard InChI is InChI=1S/C26H41N3O5/c1-7-19(6)23(15-30)28-24(31)21(13-17(2)3)27-25(32)22(14-18(4)5)29-26(33)34-16-20-11-9-8-10-12-20/h8-12,15,17-19,21-23H,7,13-14,16H2,1-6H3,(H,27,32)(H,28,31)(H,29,33)/t19-,21-,22-,23+/m0/s1. The Bertz CT molecular complexity index is 782. The number of rotatable bonds is 14. The van der Waals surface area contributed by atoms with Gasteiger partial charge in [-0.2, -0.15) is 0 Å². The first-order chi connectivity index (χ1) is 16.1. The minimum Gasteiger partial charge on any atom is -0.445 e. The van der Waals surface area contributed by atoms with Crippen LogP contribution in [0.15, 0.2) is 30.3 Å². The molecule has 1 rings (SSSR count). The molecule has 1 aromatic carbocycles. The number of ether oxygens (including phenoxy) is 1. The number of carbonyl (C=O) groups excluding carboxylic acids is 4. The van der Waals surface area contributed by atoms with Crippen molar-refractivity contribution in [2.45, 2.75) is 85.5 Å². The van der Waals surface area contributed by atoms with E-state index in [2.05, 4.69) is 16.0 Å². The fourth-order valence-corrected chi connectivity index (χ4v) is 3.41. The molecule has 0 saturated heterocycles. The number of hydrogen-bond donors (Lipinski definition) is 3. The van der Waals surface area contributed by atoms with E-state index in [0.717, 1.165) is 18.3 Å². The van der Waals surface area contributed by atoms with Gasteiger partial charge in [-0.15, -0.1) is 0 Å². The number of nitrogens with one attached hydrogen (secondary N) is 3. The van der Waals surface area contributed by atoms with Gasteiger partial charge in [-0.05, 0) is 36.2 Å². The number of hydrogen-bond acceptors (Lipinski definition) is 5. The van der Waals surface area contributed by atoms with Crippen molar-refractivity contribution in [1.29, 1.82) is 0 Å². The minimum atomic E-state index is -0.859. The van der Waals surface area contributed by atoms with E-state index in [4.69, 9.17) is 4.74 Å². The molecule has 0 heterocycles. The highest BCUT2D eigenvalue weighted by atomic mass is 16.5. The normalized spacial score (nSPS) is 14.6. The smallest absolute Gasteiger partial charge is 0.408 e. The van der Waals surface area contributed by atoms with Crippen molar-refractivity contribution in [3.05, 3.63) is 35.9 Å². The van der Waals surface area contributed by atoms with Crippen LogP contribution in [0.3, 0.4) is 0 Å². The maximum atomic E-state index is 13.1. The van der Waals surface area contributed by atoms with Crippen molar-refractivity contribution in [2.75, 3.05) is 0 Å². The van der Waals surface area contributed by atoms with E-state index in [-0.39, 0.29) is 24.4 Å². The molecule has 0 aliphatic rings. The summed E-state index contributed by atoms with van der Waals surface area (Å²) in [5.41, 5.74) is 0.835. The Labute approximate surface area is 203 Å². The SMILES string of the molecule is CC[C@H](C)[C@@H](C=O)NC(=O)[C@H](CC(C)C)NC(=O)[C@H](CC(C)C)NC(=O)OCc1ccccc1. The van der Waals surface area contributed by atoms with Crippen molar-refractivity contribution in [3.63, 3.8) is 0 Å². The van der Waals surface area contributed by atoms with E-state index in [0.29, 0.717) is 12.8 Å². The summed E-state index contributed by atoms with van der Waals surface area (Å²) in [7, 11) is 0. The van der Waals surface area contributed by atoms with Gasteiger partial charge >= 0.3 is 6.09 Å². The van der Waals surface area contributed by atoms with E-state index in [1.165, 1.54) is 0 Å². The molecule has 0 aliphatic carbocycles. The highest BCUT2D eigenvalue weighted by Gasteiger charge is 2.30. The molecule has 190 valence electrons. The second-order valence-corrected chi connectivity index (χ2v) is 9.63. The largest absolute Gasteiger partial charge is 0.445 e. The lowest BCUT2D eigenvalue weighted by molar-refractivity contribution is -0.131. The van der Waals surface area contributed by atoms with Crippen LogP contribution < -0.4 is 16.0 Å². The molecule has 0 fully saturated rings. The van der Waals surface area contributed by atoms with E-state index < -0.39 is 36.0 Å². The molecular weight excluding hydrogens is 434 g/mol. The molecule has 0 aliphatic heterocycles. The quantitative estimate of drug-likeness (QED) is 0.356. The van der Waals surface area contributed by atoms with Gasteiger partial charge in [0.05, 0.1) is 6.04 Å². The molecule has 4 atom stereocenters. The molecular formula is C26H41N3O5. The van der Waals surface area contributed by atoms with Crippen molar-refractivity contribution < 1.29 is 23.9 Å². The average Bonchev–Trinajstić information content (AvgIpc) is 2.79. The summed E-state index contributed by atoms with van der Waals surface area (Å²) in [6.07, 6.45) is 1.54. The number of alkyl carbamates (subject to hydrolysis) is 1. The van der Waals surface area contributed by atoms with Crippen LogP contribution in [-0.4, -0.2) is 42.3 Å². The van der Waals surface area contributed by atoms with Crippen LogP contribution in [0.4, 0.5) is 4.79 Å². The molecule has 0 saturated carbocycles. The summed E-state index contributed by atoms with van der Waals surface area (Å²) in [5.74, 6) is -0.646. The summed E-state index contributed by atoms with van der Waals surface area (Å²) < 4.78 is 5.26. The first-order valence-electron chi connectivity index (χ1n) is 12.1. The fourth-order valence-electron chi connectivity index (χ4n) is 3.41. The summed E-state index contributed by atoms with van der Waals surface area (Å²) in [5, 5.41) is 8.17. The third-order valence-electron chi connectivity index (χ3n) is 5.58. The van der Waals surface area contributed by atoms with Crippen LogP contribution in [0.25, 0.3) is 0 Å². The lowest BCUT2D eigenvalue weighted by Crippen LogP contribution is -2.56. The molecule has 0 spiro atoms. The zero-order valence-corrected chi connectivity index (χ0v) is 21.3. The monoisotopic (exact) mass is 475 g/mol. The molecule has 0 radical (unpaired) electrons. The molecule has 0 bridgehead atoms. The van der Waals surface area contributed by atoms with E-state index in [1.807, 2.05) is 71.9 Å². The third-order valence-corrected chi connectivity index (χ3v) is 5.58. The van der Waals surface area contributed by atoms with Gasteiger partial charge in [0.2, 0.25) is 11.8 Å². The molecule has 3 amide bonds. The third kappa shape index (κ3) is 10.8. The van der Waals surface area contributed by atoms with Gasteiger partial charge in [0.1, 0.15) is 25.0 Å². The molecule has 0 aromatic heterocycles. The minimum absolute atomic E-state index is 0.0217. The number of benzene rings is 1. The Kier molecular flexibility index (Phi) is 12.9. The van der Waals surface area contributed by atoms with Gasteiger partial charge < -0.3 is 25.5 Å². The van der Waals surface area contributed by atoms with Gasteiger partial charge in [-0.25, -0.2) is 4.79 Å². The van der Waals surface area contributed by atoms with Gasteiger partial charge in [-0.3, -0.25) is 9.59 Å². The first-order valence-corrected chi connectivity index (χ1v) is 12.1. The molecule has 8 nitrogen and oxygen atoms in total. The lowest BCUT2D eigenvalue weighted by atomic mass is 9.98. The maximum Gasteiger partial charge on any atom is 0.408 e. The number of aldehydes is 1. The van der Waals surface area contributed by atoms with Crippen LogP contribution >= 0.6 is 0 Å². The average molecular weight is 476 g/mol. The van der Waals surface area contributed by atoms with Gasteiger partial charge in [0.15, 0.2) is 0 Å². The molecule has 0 unspecified atom stereocenters. The number of amides is 3. The maximum absolute atomic E-state index is 13.1. The van der Waals surface area contributed by atoms with Crippen LogP contribution in [0.5, 0.6) is 0 Å². The summed E-state index contributed by atoms with van der Waals surface area (Å²) >= 11 is 0. The lowest BCUT2D eigenvalue weighted by Gasteiger charge is -2.27. The van der Waals surface area contributed by atoms with E-state index in [9.17, 15) is 19.2 Å². The van der Waals surface area contributed by atoms with Gasteiger partial charge in [0.25, 0.3) is 0 Å². The Morgan fingerprint density at radius 3 is 1.88 bits per heavy atom. The number of carbonyl (C=O) groups is 4. The first kappa shape index (κ1) is 29.1. The Morgan fingerprint density at radius 2 is 1.38 bits per heavy atom. The highest BCUT2D eigenvalue weighted by molar-refractivity contribution is 5.92. The molecule has 3 N–H and O–H groups in total. The van der Waals surface area contributed by atoms with Crippen LogP contribution in [0.1, 0.15) is 66.4 Å². The Morgan fingerprint density at radius 1 is 0.853 bits per heavy atom. The van der Waals surface area contributed by atoms with Crippen molar-refractivity contribution in [2.24, 2.45) is 17.8 Å². The predicted octanol–water partition coefficient (Wildman–Crippen LogP) is 3.59. The van der Waals surface area contributed by atoms with Crippen LogP contribution in [-0.2, 0) is 25.7 Å². The Balaban J connectivity index is 2.86. The Hall–Kier alpha value is -2.90. The summed E-state index contributed by atoms with van der Waals surface area (Å²) in [6.45, 7) is 11.7. The van der Waals surface area contributed by atoms with Crippen LogP contribution in [0.2, 0.25) is 0 Å². The van der Waals surface area contributed by atoms with E-state index >= 15 is 0 Å². The molecule has 8 heteroatoms. The predicted molar refractivity (Wildman–Crippen MR) is 132 cm³/mol. The van der Waals surface area contributed by atoms with Crippen molar-refractivity contribution >= 4 is 24.2 Å². The fraction of sp³-hybridized carbons (Fsp3) is 0.615. The van der Waals surface area contributed by atoms with Crippen molar-refractivity contribution in [3.8, 4) is 0 Å². The van der Waals surface area contributed by atoms with Gasteiger partial charge in [-0.1, -0.05) is 78.3 Å². The van der Waals surface area contributed by atoms with Crippen LogP contribution in [0, 0.1) is 17.8 Å². The van der Waals surface area contributed by atoms with E-state index in [1.54, 1.807) is 0 Å². The van der Waals surface area contributed by atoms with Crippen molar-refractivity contribution in [1.82, 2.24) is 16.0 Å². The zero-order chi connectivity index (χ0) is 25.7. The topological polar surface area (TPSA) is 114 Å².